The van der Waals surface area contributed by atoms with Gasteiger partial charge in [-0.25, -0.2) is 0 Å². The van der Waals surface area contributed by atoms with Crippen molar-refractivity contribution in [2.45, 2.75) is 95.4 Å². The first-order valence-corrected chi connectivity index (χ1v) is 22.7. The molecule has 0 aromatic heterocycles. The van der Waals surface area contributed by atoms with Crippen LogP contribution in [0.25, 0.3) is 0 Å². The Kier molecular flexibility index (Phi) is 9.83. The molecule has 2 aromatic carbocycles. The Bertz CT molecular complexity index is 938. The van der Waals surface area contributed by atoms with Gasteiger partial charge in [0.25, 0.3) is 0 Å². The van der Waals surface area contributed by atoms with Gasteiger partial charge in [-0.3, -0.25) is 0 Å². The Morgan fingerprint density at radius 1 is 0.833 bits per heavy atom. The molecule has 0 bridgehead atoms. The van der Waals surface area contributed by atoms with Crippen LogP contribution < -0.4 is 9.64 Å². The number of hydrogen-bond acceptors (Lipinski definition) is 2. The number of unbranched alkanes of at least 4 members (excludes halogenated alkanes) is 3. The maximum absolute atomic E-state index is 13.5. The molecule has 1 aliphatic heterocycles. The quantitative estimate of drug-likeness (QED) is 0.161. The summed E-state index contributed by atoms with van der Waals surface area (Å²) in [6.07, 6.45) is 9.18. The number of rotatable bonds is 14. The topological polar surface area (TPSA) is 29.5 Å². The molecule has 2 fully saturated rings. The molecule has 196 valence electrons. The van der Waals surface area contributed by atoms with Crippen molar-refractivity contribution in [2.75, 3.05) is 12.0 Å². The number of carbonyl (C=O) groups is 1. The van der Waals surface area contributed by atoms with E-state index in [0.717, 1.165) is 17.9 Å². The predicted octanol–water partition coefficient (Wildman–Crippen LogP) is 8.68. The Morgan fingerprint density at radius 2 is 1.42 bits per heavy atom. The van der Waals surface area contributed by atoms with E-state index in [9.17, 15) is 4.79 Å². The van der Waals surface area contributed by atoms with Gasteiger partial charge < -0.3 is 0 Å². The van der Waals surface area contributed by atoms with Gasteiger partial charge in [-0.05, 0) is 0 Å². The van der Waals surface area contributed by atoms with Gasteiger partial charge in [-0.1, -0.05) is 0 Å². The number of β-lactam (4-membered cyclic amide) rings is 1. The van der Waals surface area contributed by atoms with E-state index in [0.29, 0.717) is 23.8 Å². The second kappa shape index (κ2) is 12.8. The third kappa shape index (κ3) is 5.81. The molecule has 0 spiro atoms. The molecule has 0 N–H and O–H groups in total. The molecule has 4 heteroatoms. The third-order valence-electron chi connectivity index (χ3n) is 9.16. The van der Waals surface area contributed by atoms with Crippen LogP contribution in [0.15, 0.2) is 54.6 Å². The number of nitrogens with zero attached hydrogens (tertiary/aromatic N) is 1. The number of methoxy groups -OCH3 is 1. The average molecular weight is 596 g/mol. The SMILES string of the molecule is CCC[CH2][Sn]([CH2]CCC)([CH2]CCC)[CH2][C@@H]1[C@@H]2[C@H](C[C@@H]1c1ccccc1)C(=O)N2c1ccc(OC)cc1. The summed E-state index contributed by atoms with van der Waals surface area (Å²) in [6.45, 7) is 7.10. The molecule has 1 heterocycles. The summed E-state index contributed by atoms with van der Waals surface area (Å²) in [5.41, 5.74) is 2.51. The van der Waals surface area contributed by atoms with Crippen LogP contribution in [0.5, 0.6) is 5.75 Å². The zero-order chi connectivity index (χ0) is 25.5. The fraction of sp³-hybridized carbons (Fsp3) is 0.594. The minimum absolute atomic E-state index is 0.190. The van der Waals surface area contributed by atoms with E-state index >= 15 is 0 Å². The van der Waals surface area contributed by atoms with Crippen molar-refractivity contribution in [2.24, 2.45) is 11.8 Å². The van der Waals surface area contributed by atoms with Crippen LogP contribution in [0, 0.1) is 11.8 Å². The number of anilines is 1. The number of ether oxygens (including phenoxy) is 1. The first kappa shape index (κ1) is 27.5. The van der Waals surface area contributed by atoms with Crippen LogP contribution in [0.1, 0.15) is 77.2 Å². The van der Waals surface area contributed by atoms with E-state index in [-0.39, 0.29) is 5.92 Å². The molecule has 2 aromatic rings. The van der Waals surface area contributed by atoms with E-state index in [1.807, 2.05) is 12.1 Å². The molecule has 1 aliphatic carbocycles. The van der Waals surface area contributed by atoms with Crippen LogP contribution in [0.2, 0.25) is 17.7 Å². The molecular weight excluding hydrogens is 549 g/mol. The van der Waals surface area contributed by atoms with Gasteiger partial charge in [0.15, 0.2) is 0 Å². The van der Waals surface area contributed by atoms with Gasteiger partial charge in [0.05, 0.1) is 0 Å². The molecule has 1 saturated heterocycles. The summed E-state index contributed by atoms with van der Waals surface area (Å²) in [7, 11) is 1.70. The van der Waals surface area contributed by atoms with Crippen molar-refractivity contribution in [3.63, 3.8) is 0 Å². The molecule has 1 saturated carbocycles. The third-order valence-corrected chi connectivity index (χ3v) is 25.1. The Labute approximate surface area is 223 Å². The van der Waals surface area contributed by atoms with E-state index in [1.165, 1.54) is 61.8 Å². The van der Waals surface area contributed by atoms with Gasteiger partial charge in [0.1, 0.15) is 0 Å². The molecular formula is C32H47NO2Sn. The average Bonchev–Trinajstić information content (AvgIpc) is 3.24. The van der Waals surface area contributed by atoms with E-state index in [2.05, 4.69) is 68.1 Å². The van der Waals surface area contributed by atoms with E-state index < -0.39 is 18.4 Å². The van der Waals surface area contributed by atoms with Gasteiger partial charge in [-0.2, -0.15) is 0 Å². The van der Waals surface area contributed by atoms with Crippen molar-refractivity contribution in [1.29, 1.82) is 0 Å². The number of carbonyl (C=O) groups excluding carboxylic acids is 1. The number of hydrogen-bond donors (Lipinski definition) is 0. The zero-order valence-corrected chi connectivity index (χ0v) is 25.9. The standard InChI is InChI=1S/C20H20NO2.3C4H9.Sn/c1-13-17(14-6-4-3-5-7-14)12-18-19(13)21(20(18)22)15-8-10-16(23-2)11-9-15;3*1-3-4-2;/h3-11,13,17-19H,1,12H2,2H3;3*1,3-4H2,2H3;/t13-,17-,18-,19+;;;;/m0..../s1. The van der Waals surface area contributed by atoms with E-state index in [1.54, 1.807) is 7.11 Å². The van der Waals surface area contributed by atoms with Crippen molar-refractivity contribution < 1.29 is 9.53 Å². The molecule has 0 radical (unpaired) electrons. The number of amides is 1. The van der Waals surface area contributed by atoms with Crippen LogP contribution in [0.3, 0.4) is 0 Å². The molecule has 2 aliphatic rings. The van der Waals surface area contributed by atoms with Crippen molar-refractivity contribution >= 4 is 30.0 Å². The van der Waals surface area contributed by atoms with Gasteiger partial charge in [0.2, 0.25) is 0 Å². The zero-order valence-electron chi connectivity index (χ0n) is 23.0. The summed E-state index contributed by atoms with van der Waals surface area (Å²) in [4.78, 5) is 15.7. The normalized spacial score (nSPS) is 23.4. The molecule has 1 amide bonds. The summed E-state index contributed by atoms with van der Waals surface area (Å²) < 4.78 is 11.5. The number of fused-ring (bicyclic) bond motifs is 1. The predicted molar refractivity (Wildman–Crippen MR) is 155 cm³/mol. The molecule has 3 nitrogen and oxygen atoms in total. The van der Waals surface area contributed by atoms with Gasteiger partial charge in [-0.15, -0.1) is 0 Å². The first-order chi connectivity index (χ1) is 17.6. The van der Waals surface area contributed by atoms with Crippen LogP contribution in [-0.4, -0.2) is 37.4 Å². The van der Waals surface area contributed by atoms with Crippen molar-refractivity contribution in [3.8, 4) is 5.75 Å². The summed E-state index contributed by atoms with van der Waals surface area (Å²) in [5.74, 6) is 2.48. The summed E-state index contributed by atoms with van der Waals surface area (Å²) in [6, 6.07) is 19.7. The minimum atomic E-state index is -2.41. The van der Waals surface area contributed by atoms with Crippen molar-refractivity contribution in [1.82, 2.24) is 0 Å². The maximum atomic E-state index is 13.5. The number of benzene rings is 2. The Morgan fingerprint density at radius 3 is 1.94 bits per heavy atom. The Hall–Kier alpha value is -1.49. The molecule has 36 heavy (non-hydrogen) atoms. The fourth-order valence-electron chi connectivity index (χ4n) is 7.21. The van der Waals surface area contributed by atoms with Crippen LogP contribution >= 0.6 is 0 Å². The molecule has 4 rings (SSSR count). The fourth-order valence-corrected chi connectivity index (χ4v) is 24.9. The van der Waals surface area contributed by atoms with Gasteiger partial charge in [0, 0.05) is 0 Å². The monoisotopic (exact) mass is 597 g/mol. The van der Waals surface area contributed by atoms with Crippen LogP contribution in [-0.2, 0) is 4.79 Å². The molecule has 0 unspecified atom stereocenters. The molecule has 4 atom stereocenters. The summed E-state index contributed by atoms with van der Waals surface area (Å²) >= 11 is -2.41. The first-order valence-electron chi connectivity index (χ1n) is 14.6. The van der Waals surface area contributed by atoms with Gasteiger partial charge >= 0.3 is 225 Å². The second-order valence-electron chi connectivity index (χ2n) is 11.4. The summed E-state index contributed by atoms with van der Waals surface area (Å²) in [5, 5.41) is 0. The Balaban J connectivity index is 1.70. The van der Waals surface area contributed by atoms with E-state index in [4.69, 9.17) is 4.74 Å². The van der Waals surface area contributed by atoms with Crippen LogP contribution in [0.4, 0.5) is 5.69 Å². The second-order valence-corrected chi connectivity index (χ2v) is 25.4. The van der Waals surface area contributed by atoms with Crippen molar-refractivity contribution in [3.05, 3.63) is 60.2 Å².